The fourth-order valence-electron chi connectivity index (χ4n) is 2.81. The van der Waals surface area contributed by atoms with Gasteiger partial charge in [-0.3, -0.25) is 10.1 Å². The molecule has 2 aliphatic rings. The third-order valence-corrected chi connectivity index (χ3v) is 4.60. The molecule has 1 saturated carbocycles. The SMILES string of the molecule is NC(=O)C1(NCC2CC2)CCc2cc(Br)ccc21. The van der Waals surface area contributed by atoms with Crippen molar-refractivity contribution in [1.82, 2.24) is 5.32 Å². The van der Waals surface area contributed by atoms with Crippen molar-refractivity contribution < 1.29 is 4.79 Å². The lowest BCUT2D eigenvalue weighted by Crippen LogP contribution is -2.51. The number of aryl methyl sites for hydroxylation is 1. The van der Waals surface area contributed by atoms with Gasteiger partial charge in [-0.25, -0.2) is 0 Å². The number of halogens is 1. The van der Waals surface area contributed by atoms with Crippen LogP contribution in [0.2, 0.25) is 0 Å². The van der Waals surface area contributed by atoms with Crippen molar-refractivity contribution in [3.63, 3.8) is 0 Å². The molecule has 2 aliphatic carbocycles. The molecule has 1 unspecified atom stereocenters. The second-order valence-corrected chi connectivity index (χ2v) is 6.31. The summed E-state index contributed by atoms with van der Waals surface area (Å²) in [5.41, 5.74) is 7.34. The van der Waals surface area contributed by atoms with Gasteiger partial charge in [0, 0.05) is 4.47 Å². The molecule has 0 heterocycles. The number of benzene rings is 1. The van der Waals surface area contributed by atoms with Crippen LogP contribution in [-0.2, 0) is 16.8 Å². The number of nitrogens with two attached hydrogens (primary N) is 1. The number of hydrogen-bond acceptors (Lipinski definition) is 2. The number of rotatable bonds is 4. The van der Waals surface area contributed by atoms with Crippen LogP contribution in [0.4, 0.5) is 0 Å². The Balaban J connectivity index is 1.94. The maximum Gasteiger partial charge on any atom is 0.242 e. The van der Waals surface area contributed by atoms with E-state index in [1.807, 2.05) is 12.1 Å². The van der Waals surface area contributed by atoms with Crippen LogP contribution in [0.5, 0.6) is 0 Å². The fourth-order valence-corrected chi connectivity index (χ4v) is 3.22. The molecule has 0 saturated heterocycles. The summed E-state index contributed by atoms with van der Waals surface area (Å²) in [6, 6.07) is 6.11. The average molecular weight is 309 g/mol. The zero-order chi connectivity index (χ0) is 12.8. The van der Waals surface area contributed by atoms with Gasteiger partial charge in [-0.15, -0.1) is 0 Å². The molecule has 1 aromatic carbocycles. The van der Waals surface area contributed by atoms with Crippen molar-refractivity contribution in [2.45, 2.75) is 31.2 Å². The minimum Gasteiger partial charge on any atom is -0.368 e. The maximum atomic E-state index is 12.0. The summed E-state index contributed by atoms with van der Waals surface area (Å²) >= 11 is 3.48. The van der Waals surface area contributed by atoms with Crippen LogP contribution in [-0.4, -0.2) is 12.5 Å². The van der Waals surface area contributed by atoms with E-state index in [0.717, 1.165) is 35.3 Å². The molecule has 0 spiro atoms. The third-order valence-electron chi connectivity index (χ3n) is 4.11. The molecular weight excluding hydrogens is 292 g/mol. The van der Waals surface area contributed by atoms with E-state index in [1.54, 1.807) is 0 Å². The second-order valence-electron chi connectivity index (χ2n) is 5.40. The highest BCUT2D eigenvalue weighted by Crippen LogP contribution is 2.39. The normalized spacial score (nSPS) is 26.1. The first-order chi connectivity index (χ1) is 8.62. The van der Waals surface area contributed by atoms with Crippen molar-refractivity contribution in [3.05, 3.63) is 33.8 Å². The molecule has 3 rings (SSSR count). The number of carbonyl (C=O) groups excluding carboxylic acids is 1. The van der Waals surface area contributed by atoms with Crippen LogP contribution < -0.4 is 11.1 Å². The highest BCUT2D eigenvalue weighted by atomic mass is 79.9. The molecule has 0 aliphatic heterocycles. The van der Waals surface area contributed by atoms with Crippen LogP contribution in [0.3, 0.4) is 0 Å². The summed E-state index contributed by atoms with van der Waals surface area (Å²) in [5.74, 6) is 0.491. The Morgan fingerprint density at radius 1 is 1.50 bits per heavy atom. The van der Waals surface area contributed by atoms with Gasteiger partial charge in [0.15, 0.2) is 0 Å². The minimum absolute atomic E-state index is 0.246. The summed E-state index contributed by atoms with van der Waals surface area (Å²) in [5, 5.41) is 3.44. The molecule has 3 nitrogen and oxygen atoms in total. The first kappa shape index (κ1) is 12.2. The number of primary amides is 1. The summed E-state index contributed by atoms with van der Waals surface area (Å²) in [7, 11) is 0. The van der Waals surface area contributed by atoms with Crippen LogP contribution in [0.25, 0.3) is 0 Å². The summed E-state index contributed by atoms with van der Waals surface area (Å²) in [6.45, 7) is 0.901. The van der Waals surface area contributed by atoms with Crippen molar-refractivity contribution in [2.24, 2.45) is 11.7 Å². The van der Waals surface area contributed by atoms with E-state index in [9.17, 15) is 4.79 Å². The average Bonchev–Trinajstić information content (AvgIpc) is 3.08. The molecule has 0 bridgehead atoms. The smallest absolute Gasteiger partial charge is 0.242 e. The predicted molar refractivity (Wildman–Crippen MR) is 74.1 cm³/mol. The van der Waals surface area contributed by atoms with Crippen molar-refractivity contribution in [1.29, 1.82) is 0 Å². The van der Waals surface area contributed by atoms with Gasteiger partial charge in [0.2, 0.25) is 5.91 Å². The third kappa shape index (κ3) is 1.97. The van der Waals surface area contributed by atoms with Gasteiger partial charge in [-0.1, -0.05) is 22.0 Å². The van der Waals surface area contributed by atoms with Crippen LogP contribution in [0.15, 0.2) is 22.7 Å². The molecule has 3 N–H and O–H groups in total. The Kier molecular flexibility index (Phi) is 2.94. The Morgan fingerprint density at radius 3 is 2.94 bits per heavy atom. The van der Waals surface area contributed by atoms with Crippen LogP contribution in [0, 0.1) is 5.92 Å². The van der Waals surface area contributed by atoms with Gasteiger partial charge in [-0.2, -0.15) is 0 Å². The lowest BCUT2D eigenvalue weighted by molar-refractivity contribution is -0.124. The summed E-state index contributed by atoms with van der Waals surface area (Å²) in [6.07, 6.45) is 4.24. The van der Waals surface area contributed by atoms with Gasteiger partial charge in [0.05, 0.1) is 0 Å². The standard InChI is InChI=1S/C14H17BrN2O/c15-11-3-4-12-10(7-11)5-6-14(12,13(16)18)17-8-9-1-2-9/h3-4,7,9,17H,1-2,5-6,8H2,(H2,16,18). The monoisotopic (exact) mass is 308 g/mol. The quantitative estimate of drug-likeness (QED) is 0.894. The number of fused-ring (bicyclic) bond motifs is 1. The van der Waals surface area contributed by atoms with E-state index in [0.29, 0.717) is 0 Å². The molecule has 1 aromatic rings. The number of hydrogen-bond donors (Lipinski definition) is 2. The number of nitrogens with one attached hydrogen (secondary N) is 1. The lowest BCUT2D eigenvalue weighted by atomic mass is 9.90. The van der Waals surface area contributed by atoms with E-state index in [-0.39, 0.29) is 5.91 Å². The molecule has 18 heavy (non-hydrogen) atoms. The largest absolute Gasteiger partial charge is 0.368 e. The fraction of sp³-hybridized carbons (Fsp3) is 0.500. The zero-order valence-corrected chi connectivity index (χ0v) is 11.8. The van der Waals surface area contributed by atoms with Crippen molar-refractivity contribution in [3.8, 4) is 0 Å². The van der Waals surface area contributed by atoms with E-state index >= 15 is 0 Å². The van der Waals surface area contributed by atoms with Gasteiger partial charge in [0.1, 0.15) is 5.54 Å². The molecule has 4 heteroatoms. The first-order valence-electron chi connectivity index (χ1n) is 6.46. The molecule has 1 atom stereocenters. The van der Waals surface area contributed by atoms with Gasteiger partial charge < -0.3 is 5.73 Å². The second kappa shape index (κ2) is 4.35. The molecule has 0 radical (unpaired) electrons. The van der Waals surface area contributed by atoms with E-state index in [4.69, 9.17) is 5.73 Å². The number of carbonyl (C=O) groups is 1. The summed E-state index contributed by atoms with van der Waals surface area (Å²) < 4.78 is 1.06. The topological polar surface area (TPSA) is 55.1 Å². The highest BCUT2D eigenvalue weighted by Gasteiger charge is 2.44. The minimum atomic E-state index is -0.640. The Bertz CT molecular complexity index is 499. The van der Waals surface area contributed by atoms with Gasteiger partial charge >= 0.3 is 0 Å². The molecule has 1 amide bonds. The Labute approximate surface area is 115 Å². The number of amides is 1. The van der Waals surface area contributed by atoms with Crippen molar-refractivity contribution >= 4 is 21.8 Å². The predicted octanol–water partition coefficient (Wildman–Crippen LogP) is 2.08. The maximum absolute atomic E-state index is 12.0. The van der Waals surface area contributed by atoms with E-state index in [2.05, 4.69) is 27.3 Å². The Morgan fingerprint density at radius 2 is 2.28 bits per heavy atom. The molecular formula is C14H17BrN2O. The van der Waals surface area contributed by atoms with E-state index < -0.39 is 5.54 Å². The lowest BCUT2D eigenvalue weighted by Gasteiger charge is -2.28. The summed E-state index contributed by atoms with van der Waals surface area (Å²) in [4.78, 5) is 12.0. The van der Waals surface area contributed by atoms with Gasteiger partial charge in [-0.05, 0) is 61.4 Å². The van der Waals surface area contributed by atoms with Crippen molar-refractivity contribution in [2.75, 3.05) is 6.54 Å². The molecule has 0 aromatic heterocycles. The molecule has 96 valence electrons. The highest BCUT2D eigenvalue weighted by molar-refractivity contribution is 9.10. The molecule has 1 fully saturated rings. The van der Waals surface area contributed by atoms with Crippen LogP contribution in [0.1, 0.15) is 30.4 Å². The Hall–Kier alpha value is -0.870. The van der Waals surface area contributed by atoms with E-state index in [1.165, 1.54) is 18.4 Å². The van der Waals surface area contributed by atoms with Gasteiger partial charge in [0.25, 0.3) is 0 Å². The zero-order valence-electron chi connectivity index (χ0n) is 10.2. The van der Waals surface area contributed by atoms with Crippen LogP contribution >= 0.6 is 15.9 Å². The first-order valence-corrected chi connectivity index (χ1v) is 7.25.